The van der Waals surface area contributed by atoms with Crippen LogP contribution < -0.4 is 10.1 Å². The van der Waals surface area contributed by atoms with Crippen LogP contribution >= 0.6 is 23.1 Å². The molecule has 0 radical (unpaired) electrons. The molecule has 0 aliphatic rings. The van der Waals surface area contributed by atoms with Gasteiger partial charge in [0.25, 0.3) is 5.91 Å². The Balaban J connectivity index is 1.90. The highest BCUT2D eigenvalue weighted by molar-refractivity contribution is 8.01. The number of anilines is 1. The highest BCUT2D eigenvalue weighted by Gasteiger charge is 2.17. The van der Waals surface area contributed by atoms with Gasteiger partial charge in [-0.2, -0.15) is 0 Å². The lowest BCUT2D eigenvalue weighted by Crippen LogP contribution is -2.30. The third-order valence-electron chi connectivity index (χ3n) is 2.68. The number of rotatable bonds is 6. The second kappa shape index (κ2) is 7.60. The Kier molecular flexibility index (Phi) is 5.79. The number of thioether (sulfide) groups is 1. The third kappa shape index (κ3) is 4.99. The number of nitrogens with zero attached hydrogens (tertiary/aromatic N) is 2. The minimum Gasteiger partial charge on any atom is -0.481 e. The molecule has 2 rings (SSSR count). The number of aromatic nitrogens is 2. The normalized spacial score (nSPS) is 12.2. The molecule has 0 bridgehead atoms. The van der Waals surface area contributed by atoms with Gasteiger partial charge >= 0.3 is 0 Å². The van der Waals surface area contributed by atoms with Crippen LogP contribution in [0.1, 0.15) is 26.3 Å². The van der Waals surface area contributed by atoms with Crippen molar-refractivity contribution < 1.29 is 9.53 Å². The molecule has 1 unspecified atom stereocenters. The molecule has 5 nitrogen and oxygen atoms in total. The lowest BCUT2D eigenvalue weighted by Gasteiger charge is -2.13. The van der Waals surface area contributed by atoms with E-state index in [2.05, 4.69) is 29.4 Å². The molecular weight excluding hydrogens is 318 g/mol. The van der Waals surface area contributed by atoms with Crippen LogP contribution in [0.2, 0.25) is 0 Å². The first-order chi connectivity index (χ1) is 10.4. The number of aryl methyl sites for hydroxylation is 1. The predicted molar refractivity (Wildman–Crippen MR) is 90.8 cm³/mol. The van der Waals surface area contributed by atoms with E-state index in [0.29, 0.717) is 16.1 Å². The molecule has 0 spiro atoms. The number of carbonyl (C=O) groups is 1. The van der Waals surface area contributed by atoms with Crippen LogP contribution in [0.4, 0.5) is 5.13 Å². The zero-order chi connectivity index (χ0) is 16.1. The maximum atomic E-state index is 12.1. The topological polar surface area (TPSA) is 64.1 Å². The predicted octanol–water partition coefficient (Wildman–Crippen LogP) is 3.75. The van der Waals surface area contributed by atoms with Gasteiger partial charge in [0.1, 0.15) is 5.75 Å². The molecule has 2 aromatic rings. The highest BCUT2D eigenvalue weighted by atomic mass is 32.2. The molecule has 7 heteroatoms. The van der Waals surface area contributed by atoms with E-state index >= 15 is 0 Å². The summed E-state index contributed by atoms with van der Waals surface area (Å²) in [6, 6.07) is 7.59. The average molecular weight is 337 g/mol. The van der Waals surface area contributed by atoms with Crippen molar-refractivity contribution in [2.24, 2.45) is 0 Å². The summed E-state index contributed by atoms with van der Waals surface area (Å²) in [5, 5.41) is 11.7. The molecule has 0 saturated carbocycles. The Morgan fingerprint density at radius 3 is 2.55 bits per heavy atom. The first-order valence-electron chi connectivity index (χ1n) is 6.98. The van der Waals surface area contributed by atoms with Gasteiger partial charge in [-0.15, -0.1) is 10.2 Å². The number of carbonyl (C=O) groups excluding carboxylic acids is 1. The molecule has 22 heavy (non-hydrogen) atoms. The number of hydrogen-bond donors (Lipinski definition) is 1. The van der Waals surface area contributed by atoms with Crippen molar-refractivity contribution >= 4 is 34.1 Å². The van der Waals surface area contributed by atoms with Crippen molar-refractivity contribution in [3.05, 3.63) is 29.8 Å². The monoisotopic (exact) mass is 337 g/mol. The Hall–Kier alpha value is -1.60. The van der Waals surface area contributed by atoms with Gasteiger partial charge in [0.2, 0.25) is 5.13 Å². The smallest absolute Gasteiger partial charge is 0.266 e. The lowest BCUT2D eigenvalue weighted by molar-refractivity contribution is -0.122. The Bertz CT molecular complexity index is 626. The van der Waals surface area contributed by atoms with Gasteiger partial charge in [-0.1, -0.05) is 54.6 Å². The van der Waals surface area contributed by atoms with Crippen LogP contribution in [0.3, 0.4) is 0 Å². The number of nitrogens with one attached hydrogen (secondary N) is 1. The zero-order valence-electron chi connectivity index (χ0n) is 13.0. The van der Waals surface area contributed by atoms with Crippen LogP contribution in [0.15, 0.2) is 28.6 Å². The molecule has 1 N–H and O–H groups in total. The van der Waals surface area contributed by atoms with Crippen molar-refractivity contribution in [3.63, 3.8) is 0 Å². The largest absolute Gasteiger partial charge is 0.481 e. The molecule has 1 aromatic heterocycles. The minimum absolute atomic E-state index is 0.238. The molecule has 1 aromatic carbocycles. The van der Waals surface area contributed by atoms with E-state index in [1.165, 1.54) is 11.3 Å². The van der Waals surface area contributed by atoms with Crippen LogP contribution in [0.5, 0.6) is 5.75 Å². The van der Waals surface area contributed by atoms with E-state index in [1.54, 1.807) is 18.7 Å². The van der Waals surface area contributed by atoms with Crippen molar-refractivity contribution in [2.45, 2.75) is 43.4 Å². The van der Waals surface area contributed by atoms with Gasteiger partial charge < -0.3 is 4.74 Å². The molecule has 1 atom stereocenters. The van der Waals surface area contributed by atoms with Gasteiger partial charge in [0.05, 0.1) is 0 Å². The first kappa shape index (κ1) is 16.8. The van der Waals surface area contributed by atoms with Gasteiger partial charge in [0.15, 0.2) is 10.4 Å². The second-order valence-corrected chi connectivity index (χ2v) is 7.90. The molecule has 118 valence electrons. The van der Waals surface area contributed by atoms with Gasteiger partial charge in [-0.3, -0.25) is 10.1 Å². The summed E-state index contributed by atoms with van der Waals surface area (Å²) in [6.45, 7) is 7.88. The summed E-state index contributed by atoms with van der Waals surface area (Å²) >= 11 is 2.99. The number of benzene rings is 1. The van der Waals surface area contributed by atoms with E-state index in [-0.39, 0.29) is 5.91 Å². The number of hydrogen-bond acceptors (Lipinski definition) is 6. The second-order valence-electron chi connectivity index (χ2n) is 5.10. The van der Waals surface area contributed by atoms with E-state index in [0.717, 1.165) is 9.90 Å². The quantitative estimate of drug-likeness (QED) is 0.642. The molecule has 0 fully saturated rings. The third-order valence-corrected chi connectivity index (χ3v) is 4.60. The summed E-state index contributed by atoms with van der Waals surface area (Å²) < 4.78 is 6.46. The Labute approximate surface area is 138 Å². The fourth-order valence-electron chi connectivity index (χ4n) is 1.59. The van der Waals surface area contributed by atoms with E-state index < -0.39 is 6.10 Å². The van der Waals surface area contributed by atoms with Crippen molar-refractivity contribution in [1.82, 2.24) is 10.2 Å². The van der Waals surface area contributed by atoms with E-state index in [1.807, 2.05) is 31.2 Å². The molecule has 0 saturated heterocycles. The van der Waals surface area contributed by atoms with Crippen molar-refractivity contribution in [2.75, 3.05) is 5.32 Å². The first-order valence-corrected chi connectivity index (χ1v) is 8.68. The summed E-state index contributed by atoms with van der Waals surface area (Å²) in [4.78, 5) is 12.1. The van der Waals surface area contributed by atoms with Gasteiger partial charge in [-0.25, -0.2) is 0 Å². The lowest BCUT2D eigenvalue weighted by atomic mass is 10.2. The SMILES string of the molecule is Cc1ccc(OC(C)C(=O)Nc2nnc(SC(C)C)s2)cc1. The van der Waals surface area contributed by atoms with Gasteiger partial charge in [0, 0.05) is 5.25 Å². The Morgan fingerprint density at radius 2 is 1.91 bits per heavy atom. The molecule has 1 amide bonds. The molecule has 0 aliphatic carbocycles. The number of amides is 1. The van der Waals surface area contributed by atoms with Gasteiger partial charge in [-0.05, 0) is 26.0 Å². The zero-order valence-corrected chi connectivity index (χ0v) is 14.6. The fourth-order valence-corrected chi connectivity index (χ4v) is 3.57. The van der Waals surface area contributed by atoms with Crippen LogP contribution in [-0.2, 0) is 4.79 Å². The van der Waals surface area contributed by atoms with Crippen molar-refractivity contribution in [3.8, 4) is 5.75 Å². The van der Waals surface area contributed by atoms with Crippen LogP contribution in [0, 0.1) is 6.92 Å². The number of ether oxygens (including phenoxy) is 1. The Morgan fingerprint density at radius 1 is 1.23 bits per heavy atom. The minimum atomic E-state index is -0.604. The van der Waals surface area contributed by atoms with Crippen LogP contribution in [-0.4, -0.2) is 27.5 Å². The summed E-state index contributed by atoms with van der Waals surface area (Å²) in [6.07, 6.45) is -0.604. The average Bonchev–Trinajstić information content (AvgIpc) is 2.87. The summed E-state index contributed by atoms with van der Waals surface area (Å²) in [5.74, 6) is 0.430. The van der Waals surface area contributed by atoms with Crippen molar-refractivity contribution in [1.29, 1.82) is 0 Å². The maximum absolute atomic E-state index is 12.1. The molecule has 0 aliphatic heterocycles. The summed E-state index contributed by atoms with van der Waals surface area (Å²) in [5.41, 5.74) is 1.15. The highest BCUT2D eigenvalue weighted by Crippen LogP contribution is 2.28. The summed E-state index contributed by atoms with van der Waals surface area (Å²) in [7, 11) is 0. The maximum Gasteiger partial charge on any atom is 0.266 e. The standard InChI is InChI=1S/C15H19N3O2S2/c1-9(2)21-15-18-17-14(22-15)16-13(19)11(4)20-12-7-5-10(3)6-8-12/h5-9,11H,1-4H3,(H,16,17,19). The molecular formula is C15H19N3O2S2. The van der Waals surface area contributed by atoms with E-state index in [4.69, 9.17) is 4.74 Å². The van der Waals surface area contributed by atoms with E-state index in [9.17, 15) is 4.79 Å². The van der Waals surface area contributed by atoms with Crippen LogP contribution in [0.25, 0.3) is 0 Å². The molecule has 1 heterocycles. The fraction of sp³-hybridized carbons (Fsp3) is 0.400.